The Kier molecular flexibility index (Phi) is 3.11. The van der Waals surface area contributed by atoms with E-state index >= 15 is 0 Å². The van der Waals surface area contributed by atoms with Crippen LogP contribution in [-0.2, 0) is 6.54 Å². The average molecular weight is 153 g/mol. The van der Waals surface area contributed by atoms with E-state index in [1.807, 2.05) is 13.1 Å². The van der Waals surface area contributed by atoms with Crippen molar-refractivity contribution in [2.45, 2.75) is 26.8 Å². The molecule has 0 aromatic carbocycles. The van der Waals surface area contributed by atoms with Crippen molar-refractivity contribution in [2.24, 2.45) is 0 Å². The van der Waals surface area contributed by atoms with Crippen LogP contribution in [0.5, 0.6) is 0 Å². The highest BCUT2D eigenvalue weighted by molar-refractivity contribution is 5.13. The second-order valence-electron chi connectivity index (χ2n) is 2.70. The summed E-state index contributed by atoms with van der Waals surface area (Å²) >= 11 is 0. The molecule has 0 unspecified atom stereocenters. The van der Waals surface area contributed by atoms with Gasteiger partial charge in [0.1, 0.15) is 0 Å². The lowest BCUT2D eigenvalue weighted by Gasteiger charge is -1.99. The number of nitrogens with zero attached hydrogens (tertiary/aromatic N) is 1. The third-order valence-electron chi connectivity index (χ3n) is 1.68. The van der Waals surface area contributed by atoms with Crippen molar-refractivity contribution in [1.29, 1.82) is 0 Å². The molecule has 3 heteroatoms. The monoisotopic (exact) mass is 153 g/mol. The highest BCUT2D eigenvalue weighted by Gasteiger charge is 1.97. The molecule has 0 bridgehead atoms. The summed E-state index contributed by atoms with van der Waals surface area (Å²) in [7, 11) is 0. The molecule has 0 aliphatic carbocycles. The molecule has 2 N–H and O–H groups in total. The molecule has 0 amide bonds. The van der Waals surface area contributed by atoms with E-state index < -0.39 is 0 Å². The van der Waals surface area contributed by atoms with Gasteiger partial charge in [-0.1, -0.05) is 6.92 Å². The van der Waals surface area contributed by atoms with E-state index in [9.17, 15) is 0 Å². The number of aromatic nitrogens is 2. The first kappa shape index (κ1) is 8.27. The van der Waals surface area contributed by atoms with Crippen LogP contribution in [0.3, 0.4) is 0 Å². The molecular weight excluding hydrogens is 138 g/mol. The molecule has 0 saturated carbocycles. The molecule has 11 heavy (non-hydrogen) atoms. The maximum absolute atomic E-state index is 3.94. The largest absolute Gasteiger partial charge is 0.313 e. The van der Waals surface area contributed by atoms with E-state index in [2.05, 4.69) is 22.4 Å². The van der Waals surface area contributed by atoms with E-state index in [1.165, 1.54) is 12.0 Å². The van der Waals surface area contributed by atoms with Crippen LogP contribution in [0.15, 0.2) is 6.20 Å². The van der Waals surface area contributed by atoms with Crippen LogP contribution in [-0.4, -0.2) is 16.7 Å². The molecule has 0 saturated heterocycles. The lowest BCUT2D eigenvalue weighted by atomic mass is 10.2. The van der Waals surface area contributed by atoms with Crippen LogP contribution in [0.1, 0.15) is 24.6 Å². The van der Waals surface area contributed by atoms with Gasteiger partial charge in [-0.15, -0.1) is 0 Å². The summed E-state index contributed by atoms with van der Waals surface area (Å²) in [5, 5.41) is 10.2. The first-order valence-electron chi connectivity index (χ1n) is 4.04. The van der Waals surface area contributed by atoms with Crippen molar-refractivity contribution in [2.75, 3.05) is 6.54 Å². The lowest BCUT2D eigenvalue weighted by Crippen LogP contribution is -2.13. The molecule has 1 heterocycles. The predicted molar refractivity (Wildman–Crippen MR) is 45.3 cm³/mol. The fourth-order valence-corrected chi connectivity index (χ4v) is 0.954. The van der Waals surface area contributed by atoms with Gasteiger partial charge in [0.05, 0.1) is 6.20 Å². The molecule has 1 aromatic heterocycles. The highest BCUT2D eigenvalue weighted by atomic mass is 15.1. The summed E-state index contributed by atoms with van der Waals surface area (Å²) in [6.45, 7) is 6.20. The van der Waals surface area contributed by atoms with E-state index in [-0.39, 0.29) is 0 Å². The van der Waals surface area contributed by atoms with E-state index in [0.29, 0.717) is 0 Å². The van der Waals surface area contributed by atoms with E-state index in [4.69, 9.17) is 0 Å². The van der Waals surface area contributed by atoms with Crippen molar-refractivity contribution in [1.82, 2.24) is 15.5 Å². The molecule has 1 aromatic rings. The summed E-state index contributed by atoms with van der Waals surface area (Å²) in [6.07, 6.45) is 3.05. The number of nitrogens with one attached hydrogen (secondary N) is 2. The molecule has 62 valence electrons. The zero-order chi connectivity index (χ0) is 8.10. The number of hydrogen-bond donors (Lipinski definition) is 2. The number of aryl methyl sites for hydroxylation is 1. The average Bonchev–Trinajstić information content (AvgIpc) is 2.37. The number of rotatable bonds is 4. The molecular formula is C8H15N3. The third-order valence-corrected chi connectivity index (χ3v) is 1.68. The first-order chi connectivity index (χ1) is 5.34. The van der Waals surface area contributed by atoms with Crippen molar-refractivity contribution in [3.8, 4) is 0 Å². The van der Waals surface area contributed by atoms with Crippen LogP contribution >= 0.6 is 0 Å². The van der Waals surface area contributed by atoms with Crippen LogP contribution in [0, 0.1) is 6.92 Å². The minimum absolute atomic E-state index is 0.927. The predicted octanol–water partition coefficient (Wildman–Crippen LogP) is 1.22. The minimum Gasteiger partial charge on any atom is -0.313 e. The van der Waals surface area contributed by atoms with Gasteiger partial charge in [0.25, 0.3) is 0 Å². The van der Waals surface area contributed by atoms with Gasteiger partial charge in [-0.2, -0.15) is 5.10 Å². The van der Waals surface area contributed by atoms with Gasteiger partial charge in [-0.3, -0.25) is 5.10 Å². The number of H-pyrrole nitrogens is 1. The molecule has 0 spiro atoms. The number of hydrogen-bond acceptors (Lipinski definition) is 2. The van der Waals surface area contributed by atoms with Gasteiger partial charge in [0.15, 0.2) is 0 Å². The standard InChI is InChI=1S/C8H15N3/c1-3-4-9-5-8-6-10-11-7(8)2/h6,9H,3-5H2,1-2H3,(H,10,11). The zero-order valence-electron chi connectivity index (χ0n) is 7.15. The van der Waals surface area contributed by atoms with Crippen molar-refractivity contribution >= 4 is 0 Å². The smallest absolute Gasteiger partial charge is 0.0535 e. The second kappa shape index (κ2) is 4.13. The van der Waals surface area contributed by atoms with E-state index in [0.717, 1.165) is 18.8 Å². The Morgan fingerprint density at radius 3 is 3.00 bits per heavy atom. The van der Waals surface area contributed by atoms with Gasteiger partial charge in [0, 0.05) is 17.8 Å². The first-order valence-corrected chi connectivity index (χ1v) is 4.04. The topological polar surface area (TPSA) is 40.7 Å². The van der Waals surface area contributed by atoms with Gasteiger partial charge < -0.3 is 5.32 Å². The molecule has 3 nitrogen and oxygen atoms in total. The quantitative estimate of drug-likeness (QED) is 0.638. The Labute approximate surface area is 67.2 Å². The summed E-state index contributed by atoms with van der Waals surface area (Å²) in [4.78, 5) is 0. The Morgan fingerprint density at radius 1 is 1.64 bits per heavy atom. The van der Waals surface area contributed by atoms with Crippen LogP contribution < -0.4 is 5.32 Å². The Morgan fingerprint density at radius 2 is 2.45 bits per heavy atom. The summed E-state index contributed by atoms with van der Waals surface area (Å²) in [5.74, 6) is 0. The molecule has 0 atom stereocenters. The molecule has 0 aliphatic rings. The maximum Gasteiger partial charge on any atom is 0.0535 e. The van der Waals surface area contributed by atoms with Gasteiger partial charge in [0.2, 0.25) is 0 Å². The SMILES string of the molecule is CCCNCc1cn[nH]c1C. The molecule has 0 radical (unpaired) electrons. The Hall–Kier alpha value is -0.830. The molecule has 1 rings (SSSR count). The Balaban J connectivity index is 2.32. The fraction of sp³-hybridized carbons (Fsp3) is 0.625. The van der Waals surface area contributed by atoms with Gasteiger partial charge >= 0.3 is 0 Å². The minimum atomic E-state index is 0.927. The van der Waals surface area contributed by atoms with Crippen molar-refractivity contribution < 1.29 is 0 Å². The summed E-state index contributed by atoms with van der Waals surface area (Å²) in [5.41, 5.74) is 2.42. The second-order valence-corrected chi connectivity index (χ2v) is 2.70. The van der Waals surface area contributed by atoms with Crippen molar-refractivity contribution in [3.05, 3.63) is 17.5 Å². The number of aromatic amines is 1. The zero-order valence-corrected chi connectivity index (χ0v) is 7.15. The summed E-state index contributed by atoms with van der Waals surface area (Å²) < 4.78 is 0. The Bertz CT molecular complexity index is 205. The summed E-state index contributed by atoms with van der Waals surface area (Å²) in [6, 6.07) is 0. The third kappa shape index (κ3) is 2.35. The van der Waals surface area contributed by atoms with E-state index in [1.54, 1.807) is 0 Å². The normalized spacial score (nSPS) is 10.4. The fourth-order valence-electron chi connectivity index (χ4n) is 0.954. The highest BCUT2D eigenvalue weighted by Crippen LogP contribution is 2.00. The van der Waals surface area contributed by atoms with Crippen LogP contribution in [0.2, 0.25) is 0 Å². The molecule has 0 aliphatic heterocycles. The van der Waals surface area contributed by atoms with Crippen molar-refractivity contribution in [3.63, 3.8) is 0 Å². The van der Waals surface area contributed by atoms with Crippen LogP contribution in [0.4, 0.5) is 0 Å². The van der Waals surface area contributed by atoms with Gasteiger partial charge in [-0.25, -0.2) is 0 Å². The van der Waals surface area contributed by atoms with Crippen LogP contribution in [0.25, 0.3) is 0 Å². The maximum atomic E-state index is 3.94. The molecule has 0 fully saturated rings. The van der Waals surface area contributed by atoms with Gasteiger partial charge in [-0.05, 0) is 19.9 Å². The lowest BCUT2D eigenvalue weighted by molar-refractivity contribution is 0.673.